The highest BCUT2D eigenvalue weighted by Crippen LogP contribution is 2.44. The van der Waals surface area contributed by atoms with Crippen molar-refractivity contribution in [1.29, 1.82) is 0 Å². The van der Waals surface area contributed by atoms with Gasteiger partial charge in [0.2, 0.25) is 10.9 Å². The first kappa shape index (κ1) is 20.0. The van der Waals surface area contributed by atoms with Crippen LogP contribution in [0, 0.1) is 6.92 Å². The number of likely N-dealkylation sites (tertiary alicyclic amines) is 1. The molecule has 0 radical (unpaired) electrons. The highest BCUT2D eigenvalue weighted by Gasteiger charge is 2.59. The third-order valence-corrected chi connectivity index (χ3v) is 8.30. The number of nitrogens with zero attached hydrogens (tertiary/aromatic N) is 2. The topological polar surface area (TPSA) is 60.6 Å². The minimum atomic E-state index is -3.91. The molecule has 5 rings (SSSR count). The third kappa shape index (κ3) is 2.86. The lowest BCUT2D eigenvalue weighted by atomic mass is 9.78. The molecule has 1 fully saturated rings. The summed E-state index contributed by atoms with van der Waals surface area (Å²) >= 11 is 0. The molecule has 1 saturated heterocycles. The fourth-order valence-corrected chi connectivity index (χ4v) is 6.85. The maximum atomic E-state index is 14.2. The molecular formula is C25H25N2O3S+. The predicted octanol–water partition coefficient (Wildman–Crippen LogP) is 1.98. The number of benzene rings is 3. The first-order valence-electron chi connectivity index (χ1n) is 10.4. The Balaban J connectivity index is 1.94. The van der Waals surface area contributed by atoms with Gasteiger partial charge in [0, 0.05) is 18.2 Å². The lowest BCUT2D eigenvalue weighted by molar-refractivity contribution is 0.228. The van der Waals surface area contributed by atoms with Crippen molar-refractivity contribution in [3.05, 3.63) is 94.5 Å². The zero-order valence-electron chi connectivity index (χ0n) is 17.6. The van der Waals surface area contributed by atoms with Gasteiger partial charge < -0.3 is 5.11 Å². The van der Waals surface area contributed by atoms with E-state index >= 15 is 0 Å². The average molecular weight is 434 g/mol. The summed E-state index contributed by atoms with van der Waals surface area (Å²) < 4.78 is 29.9. The highest BCUT2D eigenvalue weighted by molar-refractivity contribution is 7.89. The molecule has 158 valence electrons. The number of likely N-dealkylation sites (N-methyl/N-ethyl adjacent to an activating group) is 1. The number of aryl methyl sites for hydroxylation is 1. The molecule has 2 aliphatic heterocycles. The minimum Gasteiger partial charge on any atom is -0.507 e. The quantitative estimate of drug-likeness (QED) is 0.642. The fraction of sp³-hybridized carbons (Fsp3) is 0.240. The second-order valence-electron chi connectivity index (χ2n) is 8.44. The van der Waals surface area contributed by atoms with Gasteiger partial charge in [-0.05, 0) is 50.7 Å². The molecule has 0 saturated carbocycles. The number of phenolic OH excluding ortho intramolecular Hbond substituents is 1. The largest absolute Gasteiger partial charge is 0.507 e. The Morgan fingerprint density at radius 3 is 2.39 bits per heavy atom. The van der Waals surface area contributed by atoms with Crippen molar-refractivity contribution in [2.45, 2.75) is 23.8 Å². The first-order valence-corrected chi connectivity index (χ1v) is 11.8. The van der Waals surface area contributed by atoms with E-state index < -0.39 is 15.6 Å². The van der Waals surface area contributed by atoms with E-state index in [1.807, 2.05) is 62.5 Å². The molecule has 31 heavy (non-hydrogen) atoms. The number of aromatic hydroxyl groups is 1. The molecule has 2 aliphatic rings. The van der Waals surface area contributed by atoms with Crippen LogP contribution in [-0.4, -0.2) is 38.6 Å². The zero-order chi connectivity index (χ0) is 21.8. The van der Waals surface area contributed by atoms with E-state index in [0.29, 0.717) is 17.5 Å². The van der Waals surface area contributed by atoms with Crippen LogP contribution < -0.4 is 14.6 Å². The molecule has 1 N–H and O–H groups in total. The fourth-order valence-electron chi connectivity index (χ4n) is 5.06. The number of fused-ring (bicyclic) bond motifs is 2. The number of hydrogen-bond donors (Lipinski definition) is 1. The van der Waals surface area contributed by atoms with Gasteiger partial charge in [0.15, 0.2) is 0 Å². The summed E-state index contributed by atoms with van der Waals surface area (Å²) in [6.07, 6.45) is 0.724. The summed E-state index contributed by atoms with van der Waals surface area (Å²) in [7, 11) is -1.91. The van der Waals surface area contributed by atoms with Gasteiger partial charge in [-0.3, -0.25) is 4.90 Å². The van der Waals surface area contributed by atoms with Crippen molar-refractivity contribution < 1.29 is 13.5 Å². The van der Waals surface area contributed by atoms with Gasteiger partial charge in [0.05, 0.1) is 17.3 Å². The Morgan fingerprint density at radius 2 is 1.65 bits per heavy atom. The summed E-state index contributed by atoms with van der Waals surface area (Å²) in [5.41, 5.74) is 1.65. The summed E-state index contributed by atoms with van der Waals surface area (Å²) in [6.45, 7) is 3.23. The smallest absolute Gasteiger partial charge is 0.396 e. The standard InChI is InChI=1S/C25H24N2O3S/c1-18-11-13-19(14-12-18)31(29,30)27-23-9-5-3-7-20(23)21-15-16-26(2)17-25(21,27)22-8-4-6-10-24(22)28/h3-14H,15-17H2,1-2H3/p+1/t25-/m1/s1. The second-order valence-corrected chi connectivity index (χ2v) is 10.2. The van der Waals surface area contributed by atoms with Crippen LogP contribution in [0.3, 0.4) is 0 Å². The van der Waals surface area contributed by atoms with Crippen molar-refractivity contribution in [1.82, 2.24) is 8.88 Å². The van der Waals surface area contributed by atoms with Crippen molar-refractivity contribution in [3.63, 3.8) is 0 Å². The first-order chi connectivity index (χ1) is 14.9. The lowest BCUT2D eigenvalue weighted by Crippen LogP contribution is -2.56. The summed E-state index contributed by atoms with van der Waals surface area (Å²) in [5.74, 6) is 0.104. The summed E-state index contributed by atoms with van der Waals surface area (Å²) in [4.78, 5) is 2.39. The van der Waals surface area contributed by atoms with Crippen LogP contribution in [0.25, 0.3) is 5.57 Å². The van der Waals surface area contributed by atoms with Crippen LogP contribution in [0.5, 0.6) is 5.75 Å². The predicted molar refractivity (Wildman–Crippen MR) is 121 cm³/mol. The van der Waals surface area contributed by atoms with Crippen LogP contribution in [0.15, 0.2) is 77.7 Å². The Bertz CT molecular complexity index is 1410. The summed E-state index contributed by atoms with van der Waals surface area (Å²) in [6, 6.07) is 21.7. The number of sulfonamides is 1. The molecule has 3 aromatic rings. The maximum absolute atomic E-state index is 14.2. The van der Waals surface area contributed by atoms with Crippen LogP contribution in [0.4, 0.5) is 0 Å². The Hall–Kier alpha value is -2.96. The molecule has 2 heterocycles. The molecule has 3 aromatic carbocycles. The SMILES string of the molecule is Cc1ccc(S(=O)(=O)[N+]2=c3ccccc3=C3CCN(C)C[C@]32c2ccccc2O)cc1. The molecule has 0 bridgehead atoms. The van der Waals surface area contributed by atoms with Gasteiger partial charge in [-0.15, -0.1) is 0 Å². The number of hydrogen-bond acceptors (Lipinski definition) is 4. The minimum absolute atomic E-state index is 0.104. The van der Waals surface area contributed by atoms with Gasteiger partial charge in [-0.25, -0.2) is 0 Å². The number of piperidine rings is 1. The lowest BCUT2D eigenvalue weighted by Gasteiger charge is -2.38. The molecule has 0 unspecified atom stereocenters. The van der Waals surface area contributed by atoms with Gasteiger partial charge >= 0.3 is 10.0 Å². The molecule has 0 aliphatic carbocycles. The Labute approximate surface area is 182 Å². The summed E-state index contributed by atoms with van der Waals surface area (Å²) in [5, 5.41) is 12.5. The van der Waals surface area contributed by atoms with Crippen molar-refractivity contribution in [2.24, 2.45) is 0 Å². The third-order valence-electron chi connectivity index (χ3n) is 6.44. The number of para-hydroxylation sites is 2. The average Bonchev–Trinajstić information content (AvgIpc) is 3.05. The van der Waals surface area contributed by atoms with Gasteiger partial charge in [0.25, 0.3) is 0 Å². The monoisotopic (exact) mass is 433 g/mol. The van der Waals surface area contributed by atoms with Crippen molar-refractivity contribution >= 4 is 15.6 Å². The van der Waals surface area contributed by atoms with Crippen LogP contribution in [-0.2, 0) is 15.6 Å². The van der Waals surface area contributed by atoms with Crippen LogP contribution in [0.1, 0.15) is 17.5 Å². The van der Waals surface area contributed by atoms with E-state index in [4.69, 9.17) is 0 Å². The van der Waals surface area contributed by atoms with E-state index in [1.165, 1.54) is 0 Å². The molecule has 0 spiro atoms. The Kier molecular flexibility index (Phi) is 4.53. The van der Waals surface area contributed by atoms with Gasteiger partial charge in [-0.1, -0.05) is 45.9 Å². The van der Waals surface area contributed by atoms with Crippen LogP contribution in [0.2, 0.25) is 0 Å². The van der Waals surface area contributed by atoms with E-state index in [-0.39, 0.29) is 10.6 Å². The highest BCUT2D eigenvalue weighted by atomic mass is 32.2. The molecular weight excluding hydrogens is 408 g/mol. The maximum Gasteiger partial charge on any atom is 0.396 e. The van der Waals surface area contributed by atoms with Crippen molar-refractivity contribution in [3.8, 4) is 5.75 Å². The van der Waals surface area contributed by atoms with Gasteiger partial charge in [0.1, 0.15) is 10.6 Å². The zero-order valence-corrected chi connectivity index (χ0v) is 18.4. The number of phenols is 1. The second kappa shape index (κ2) is 7.04. The molecule has 6 heteroatoms. The molecule has 5 nitrogen and oxygen atoms in total. The normalized spacial score (nSPS) is 21.1. The van der Waals surface area contributed by atoms with Crippen LogP contribution >= 0.6 is 0 Å². The Morgan fingerprint density at radius 1 is 0.968 bits per heavy atom. The van der Waals surface area contributed by atoms with E-state index in [1.54, 1.807) is 28.2 Å². The van der Waals surface area contributed by atoms with Gasteiger partial charge in [-0.2, -0.15) is 8.42 Å². The molecule has 0 aromatic heterocycles. The van der Waals surface area contributed by atoms with E-state index in [9.17, 15) is 13.5 Å². The van der Waals surface area contributed by atoms with Crippen molar-refractivity contribution in [2.75, 3.05) is 20.1 Å². The number of rotatable bonds is 3. The van der Waals surface area contributed by atoms with E-state index in [0.717, 1.165) is 29.3 Å². The molecule has 0 amide bonds. The molecule has 1 atom stereocenters. The van der Waals surface area contributed by atoms with E-state index in [2.05, 4.69) is 4.90 Å².